The Kier molecular flexibility index (Phi) is 5.85. The first-order valence-corrected chi connectivity index (χ1v) is 10.4. The van der Waals surface area contributed by atoms with Crippen LogP contribution in [0.1, 0.15) is 59.4 Å². The predicted octanol–water partition coefficient (Wildman–Crippen LogP) is 3.63. The van der Waals surface area contributed by atoms with Crippen LogP contribution < -0.4 is 9.75 Å². The van der Waals surface area contributed by atoms with Crippen LogP contribution in [0.3, 0.4) is 0 Å². The van der Waals surface area contributed by atoms with E-state index < -0.39 is 5.97 Å². The maximum absolute atomic E-state index is 12.0. The van der Waals surface area contributed by atoms with Gasteiger partial charge in [-0.05, 0) is 49.9 Å². The number of pyridine rings is 2. The molecule has 1 unspecified atom stereocenters. The highest BCUT2D eigenvalue weighted by atomic mass is 16.5. The molecule has 1 saturated carbocycles. The fourth-order valence-corrected chi connectivity index (χ4v) is 4.43. The highest BCUT2D eigenvalue weighted by Gasteiger charge is 2.37. The number of nitriles is 1. The van der Waals surface area contributed by atoms with Gasteiger partial charge in [-0.15, -0.1) is 0 Å². The largest absolute Gasteiger partial charge is 0.480 e. The number of ether oxygens (including phenoxy) is 2. The summed E-state index contributed by atoms with van der Waals surface area (Å²) in [7, 11) is 2.81. The average molecular weight is 419 g/mol. The third-order valence-corrected chi connectivity index (χ3v) is 6.07. The molecule has 0 spiro atoms. The van der Waals surface area contributed by atoms with Crippen LogP contribution in [0.4, 0.5) is 5.82 Å². The van der Waals surface area contributed by atoms with Gasteiger partial charge in [0, 0.05) is 6.42 Å². The predicted molar refractivity (Wildman–Crippen MR) is 115 cm³/mol. The maximum atomic E-state index is 12.0. The number of aromatic nitrogens is 2. The molecule has 2 aromatic heterocycles. The molecule has 1 atom stereocenters. The Labute approximate surface area is 181 Å². The molecule has 0 aromatic carbocycles. The first-order valence-electron chi connectivity index (χ1n) is 10.4. The summed E-state index contributed by atoms with van der Waals surface area (Å²) in [5.74, 6) is 0.985. The molecule has 1 aliphatic carbocycles. The number of esters is 1. The topological polar surface area (TPSA) is 101 Å². The monoisotopic (exact) mass is 419 g/mol. The Hall–Kier alpha value is -3.47. The number of carbonyl (C=O) groups excluding carboxylic acids is 1. The smallest absolute Gasteiger partial charge is 0.343 e. The van der Waals surface area contributed by atoms with Crippen molar-refractivity contribution in [1.29, 1.82) is 5.26 Å². The second-order valence-electron chi connectivity index (χ2n) is 7.87. The summed E-state index contributed by atoms with van der Waals surface area (Å²) >= 11 is 0. The minimum Gasteiger partial charge on any atom is -0.480 e. The van der Waals surface area contributed by atoms with E-state index >= 15 is 0 Å². The summed E-state index contributed by atoms with van der Waals surface area (Å²) < 4.78 is 10.1. The van der Waals surface area contributed by atoms with Gasteiger partial charge in [0.1, 0.15) is 17.5 Å². The first kappa shape index (κ1) is 20.8. The molecule has 0 N–H and O–H groups in total. The lowest BCUT2D eigenvalue weighted by atomic mass is 9.93. The van der Waals surface area contributed by atoms with Crippen LogP contribution in [0.2, 0.25) is 0 Å². The van der Waals surface area contributed by atoms with E-state index in [1.165, 1.54) is 27.1 Å². The quantitative estimate of drug-likeness (QED) is 0.682. The van der Waals surface area contributed by atoms with Crippen molar-refractivity contribution in [3.8, 4) is 11.9 Å². The summed E-state index contributed by atoms with van der Waals surface area (Å²) in [6, 6.07) is 9.44. The standard InChI is InChI=1S/C23H25N5O3/c1-14-16(13-24)8-11-21(25-14)28-20(15-6-4-5-7-15)12-19(27-28)18-10-9-17(23(29)31-3)22(26-18)30-2/h8-11,15,20H,4-7,12H2,1-3H3. The summed E-state index contributed by atoms with van der Waals surface area (Å²) in [5.41, 5.74) is 3.03. The highest BCUT2D eigenvalue weighted by molar-refractivity contribution is 6.02. The lowest BCUT2D eigenvalue weighted by molar-refractivity contribution is 0.0596. The van der Waals surface area contributed by atoms with Gasteiger partial charge in [0.2, 0.25) is 5.88 Å². The second kappa shape index (κ2) is 8.72. The van der Waals surface area contributed by atoms with Gasteiger partial charge in [0.05, 0.1) is 42.9 Å². The molecule has 0 radical (unpaired) electrons. The molecule has 0 amide bonds. The van der Waals surface area contributed by atoms with E-state index in [1.54, 1.807) is 18.2 Å². The normalized spacial score (nSPS) is 18.6. The Morgan fingerprint density at radius 1 is 1.16 bits per heavy atom. The molecule has 1 aliphatic heterocycles. The van der Waals surface area contributed by atoms with Gasteiger partial charge in [0.15, 0.2) is 0 Å². The van der Waals surface area contributed by atoms with Gasteiger partial charge in [0.25, 0.3) is 0 Å². The van der Waals surface area contributed by atoms with E-state index in [9.17, 15) is 10.1 Å². The van der Waals surface area contributed by atoms with Crippen molar-refractivity contribution in [2.75, 3.05) is 19.2 Å². The minimum atomic E-state index is -0.494. The van der Waals surface area contributed by atoms with Crippen LogP contribution in [0.15, 0.2) is 29.4 Å². The summed E-state index contributed by atoms with van der Waals surface area (Å²) in [6.07, 6.45) is 5.52. The highest BCUT2D eigenvalue weighted by Crippen LogP contribution is 2.38. The number of hydrogen-bond donors (Lipinski definition) is 0. The fraction of sp³-hybridized carbons (Fsp3) is 0.435. The molecular formula is C23H25N5O3. The van der Waals surface area contributed by atoms with Gasteiger partial charge >= 0.3 is 5.97 Å². The number of nitrogens with zero attached hydrogens (tertiary/aromatic N) is 5. The molecule has 3 heterocycles. The molecule has 2 aromatic rings. The van der Waals surface area contributed by atoms with Crippen molar-refractivity contribution in [2.24, 2.45) is 11.0 Å². The van der Waals surface area contributed by atoms with E-state index in [0.29, 0.717) is 22.9 Å². The number of anilines is 1. The van der Waals surface area contributed by atoms with Gasteiger partial charge in [-0.25, -0.2) is 19.8 Å². The van der Waals surface area contributed by atoms with Crippen molar-refractivity contribution in [3.05, 3.63) is 46.8 Å². The Morgan fingerprint density at radius 3 is 2.58 bits per heavy atom. The molecular weight excluding hydrogens is 394 g/mol. The molecule has 2 aliphatic rings. The molecule has 4 rings (SSSR count). The summed E-state index contributed by atoms with van der Waals surface area (Å²) in [5, 5.41) is 16.1. The maximum Gasteiger partial charge on any atom is 0.343 e. The molecule has 8 nitrogen and oxygen atoms in total. The Bertz CT molecular complexity index is 1070. The van der Waals surface area contributed by atoms with Crippen LogP contribution >= 0.6 is 0 Å². The SMILES string of the molecule is COC(=O)c1ccc(C2=NN(c3ccc(C#N)c(C)n3)C(C3CCCC3)C2)nc1OC. The van der Waals surface area contributed by atoms with Gasteiger partial charge < -0.3 is 9.47 Å². The van der Waals surface area contributed by atoms with Crippen molar-refractivity contribution >= 4 is 17.5 Å². The van der Waals surface area contributed by atoms with Crippen LogP contribution in [0.5, 0.6) is 5.88 Å². The third kappa shape index (κ3) is 3.96. The summed E-state index contributed by atoms with van der Waals surface area (Å²) in [4.78, 5) is 21.1. The zero-order valence-corrected chi connectivity index (χ0v) is 18.0. The Balaban J connectivity index is 1.71. The zero-order valence-electron chi connectivity index (χ0n) is 18.0. The fourth-order valence-electron chi connectivity index (χ4n) is 4.43. The van der Waals surface area contributed by atoms with Gasteiger partial charge in [-0.3, -0.25) is 0 Å². The van der Waals surface area contributed by atoms with Crippen molar-refractivity contribution < 1.29 is 14.3 Å². The number of carbonyl (C=O) groups is 1. The molecule has 0 saturated heterocycles. The van der Waals surface area contributed by atoms with Crippen LogP contribution in [-0.2, 0) is 4.74 Å². The first-order chi connectivity index (χ1) is 15.0. The van der Waals surface area contributed by atoms with E-state index in [-0.39, 0.29) is 17.5 Å². The Morgan fingerprint density at radius 2 is 1.94 bits per heavy atom. The zero-order chi connectivity index (χ0) is 22.0. The van der Waals surface area contributed by atoms with Crippen LogP contribution in [-0.4, -0.2) is 41.9 Å². The van der Waals surface area contributed by atoms with Gasteiger partial charge in [-0.1, -0.05) is 12.8 Å². The average Bonchev–Trinajstić information content (AvgIpc) is 3.48. The molecule has 1 fully saturated rings. The minimum absolute atomic E-state index is 0.186. The van der Waals surface area contributed by atoms with E-state index in [1.807, 2.05) is 18.0 Å². The van der Waals surface area contributed by atoms with Crippen molar-refractivity contribution in [3.63, 3.8) is 0 Å². The van der Waals surface area contributed by atoms with Gasteiger partial charge in [-0.2, -0.15) is 10.4 Å². The lowest BCUT2D eigenvalue weighted by Crippen LogP contribution is -2.33. The molecule has 8 heteroatoms. The van der Waals surface area contributed by atoms with Crippen LogP contribution in [0, 0.1) is 24.2 Å². The molecule has 31 heavy (non-hydrogen) atoms. The number of rotatable bonds is 5. The molecule has 160 valence electrons. The third-order valence-electron chi connectivity index (χ3n) is 6.07. The van der Waals surface area contributed by atoms with Crippen molar-refractivity contribution in [2.45, 2.75) is 45.1 Å². The van der Waals surface area contributed by atoms with E-state index in [4.69, 9.17) is 14.6 Å². The number of aryl methyl sites for hydroxylation is 1. The summed E-state index contributed by atoms with van der Waals surface area (Å²) in [6.45, 7) is 1.84. The van der Waals surface area contributed by atoms with E-state index in [0.717, 1.165) is 30.8 Å². The molecule has 0 bridgehead atoms. The number of methoxy groups -OCH3 is 2. The van der Waals surface area contributed by atoms with Crippen LogP contribution in [0.25, 0.3) is 0 Å². The lowest BCUT2D eigenvalue weighted by Gasteiger charge is -2.27. The number of hydrazone groups is 1. The second-order valence-corrected chi connectivity index (χ2v) is 7.87. The number of hydrogen-bond acceptors (Lipinski definition) is 8. The van der Waals surface area contributed by atoms with Crippen molar-refractivity contribution in [1.82, 2.24) is 9.97 Å². The van der Waals surface area contributed by atoms with E-state index in [2.05, 4.69) is 16.0 Å².